The molecule has 99 heavy (non-hydrogen) atoms. The van der Waals surface area contributed by atoms with Crippen molar-refractivity contribution >= 4 is 159 Å². The van der Waals surface area contributed by atoms with Crippen LogP contribution in [0.4, 0.5) is 102 Å². The van der Waals surface area contributed by atoms with Gasteiger partial charge in [-0.2, -0.15) is 0 Å². The standard InChI is InChI=1S/C91H86B2N6/c1-55-29-41-61(42-30-55)94-69-21-17-25-73-79(69)92-81-71(94)23-19-27-75(81)98(65-49-37-59(38-50-65)90(11,12)13)85-67-54-78-84-86(68(67)53-77(83(85)92)96(73)63-45-33-57(34-46-63)88(5,6)7)99(66-51-39-60(40-52-66)91(14,15)16)76-28-20-24-72-82(76)93(84)80-70(95(72)62-43-31-56(32-44-62)87(2,3)4)22-18-26-74(80)97(78)64-47-35-58(36-48-64)89(8,9)10/h17-54H,1-16H3. The van der Waals surface area contributed by atoms with Crippen LogP contribution >= 0.6 is 0 Å². The summed E-state index contributed by atoms with van der Waals surface area (Å²) in [6.45, 7) is 36.8. The van der Waals surface area contributed by atoms with E-state index in [1.807, 2.05) is 0 Å². The van der Waals surface area contributed by atoms with Crippen LogP contribution in [0.1, 0.15) is 137 Å². The number of fused-ring (bicyclic) bond motifs is 3. The third-order valence-electron chi connectivity index (χ3n) is 22.5. The molecule has 6 aliphatic rings. The molecular weight excluding hydrogens is 1200 g/mol. The van der Waals surface area contributed by atoms with Gasteiger partial charge in [0.1, 0.15) is 0 Å². The van der Waals surface area contributed by atoms with Gasteiger partial charge in [0.25, 0.3) is 13.4 Å². The fourth-order valence-corrected chi connectivity index (χ4v) is 17.4. The highest BCUT2D eigenvalue weighted by molar-refractivity contribution is 7.04. The number of nitrogens with zero attached hydrogens (tertiary/aromatic N) is 6. The SMILES string of the molecule is Cc1ccc(N2c3cccc4c3B3c5c2cccc5N(c2ccc(C(C)(C)C)cc2)c2c3c(cc3c5c6c(cc23)N(c2ccc(C(C)(C)C)cc2)c2cccc3c2B6c2c(cccc2N5c2ccc(C(C)(C)C)cc2)N3c2ccc(C(C)(C)C)cc2)N4c2ccc(C(C)(C)C)cc2)cc1. The lowest BCUT2D eigenvalue weighted by Crippen LogP contribution is -2.65. The van der Waals surface area contributed by atoms with Gasteiger partial charge in [0, 0.05) is 102 Å². The van der Waals surface area contributed by atoms with Crippen LogP contribution < -0.4 is 62.2 Å². The van der Waals surface area contributed by atoms with E-state index in [9.17, 15) is 0 Å². The highest BCUT2D eigenvalue weighted by atomic mass is 15.2. The van der Waals surface area contributed by atoms with Crippen LogP contribution in [0.3, 0.4) is 0 Å². The maximum absolute atomic E-state index is 2.69. The van der Waals surface area contributed by atoms with Gasteiger partial charge in [0.05, 0.1) is 11.4 Å². The maximum Gasteiger partial charge on any atom is 0.257 e. The van der Waals surface area contributed by atoms with Crippen molar-refractivity contribution in [1.82, 2.24) is 0 Å². The van der Waals surface area contributed by atoms with Crippen molar-refractivity contribution in [3.8, 4) is 0 Å². The predicted molar refractivity (Wildman–Crippen MR) is 427 cm³/mol. The molecule has 0 aliphatic carbocycles. The molecule has 0 saturated heterocycles. The summed E-state index contributed by atoms with van der Waals surface area (Å²) in [7, 11) is 0. The quantitative estimate of drug-likeness (QED) is 0.153. The Hall–Kier alpha value is -10.2. The molecule has 0 saturated carbocycles. The topological polar surface area (TPSA) is 19.4 Å². The first-order valence-electron chi connectivity index (χ1n) is 35.8. The van der Waals surface area contributed by atoms with E-state index in [-0.39, 0.29) is 40.5 Å². The first-order chi connectivity index (χ1) is 47.2. The van der Waals surface area contributed by atoms with E-state index in [4.69, 9.17) is 0 Å². The Kier molecular flexibility index (Phi) is 12.9. The second-order valence-electron chi connectivity index (χ2n) is 33.9. The van der Waals surface area contributed by atoms with E-state index < -0.39 is 0 Å². The Morgan fingerprint density at radius 1 is 0.212 bits per heavy atom. The third-order valence-corrected chi connectivity index (χ3v) is 22.5. The van der Waals surface area contributed by atoms with E-state index in [0.29, 0.717) is 0 Å². The predicted octanol–water partition coefficient (Wildman–Crippen LogP) is 21.4. The average Bonchev–Trinajstić information content (AvgIpc) is 0.663. The molecule has 0 unspecified atom stereocenters. The lowest BCUT2D eigenvalue weighted by Gasteiger charge is -2.51. The largest absolute Gasteiger partial charge is 0.311 e. The van der Waals surface area contributed by atoms with Crippen LogP contribution in [0, 0.1) is 6.92 Å². The first-order valence-corrected chi connectivity index (χ1v) is 35.8. The minimum absolute atomic E-state index is 0.00414. The van der Waals surface area contributed by atoms with Crippen molar-refractivity contribution in [3.05, 3.63) is 264 Å². The Morgan fingerprint density at radius 2 is 0.404 bits per heavy atom. The number of hydrogen-bond donors (Lipinski definition) is 0. The molecule has 6 nitrogen and oxygen atoms in total. The van der Waals surface area contributed by atoms with Crippen LogP contribution in [0.2, 0.25) is 0 Å². The van der Waals surface area contributed by atoms with Crippen molar-refractivity contribution in [3.63, 3.8) is 0 Å². The number of rotatable bonds is 6. The smallest absolute Gasteiger partial charge is 0.257 e. The summed E-state index contributed by atoms with van der Waals surface area (Å²) in [6.07, 6.45) is 0. The maximum atomic E-state index is 2.69. The monoisotopic (exact) mass is 1280 g/mol. The lowest BCUT2D eigenvalue weighted by atomic mass is 9.31. The summed E-state index contributed by atoms with van der Waals surface area (Å²) in [5.41, 5.74) is 36.6. The van der Waals surface area contributed by atoms with Gasteiger partial charge < -0.3 is 29.4 Å². The van der Waals surface area contributed by atoms with E-state index in [1.165, 1.54) is 145 Å². The van der Waals surface area contributed by atoms with Crippen LogP contribution in [0.15, 0.2) is 231 Å². The van der Waals surface area contributed by atoms with E-state index in [2.05, 4.69) is 371 Å². The first kappa shape index (κ1) is 61.2. The van der Waals surface area contributed by atoms with E-state index in [1.54, 1.807) is 0 Å². The summed E-state index contributed by atoms with van der Waals surface area (Å²) >= 11 is 0. The Bertz CT molecular complexity index is 5310. The molecule has 18 rings (SSSR count). The number of benzene rings is 12. The molecule has 0 radical (unpaired) electrons. The number of anilines is 18. The van der Waals surface area contributed by atoms with Gasteiger partial charge in [-0.3, -0.25) is 0 Å². The van der Waals surface area contributed by atoms with Gasteiger partial charge in [0.15, 0.2) is 0 Å². The molecule has 12 aromatic rings. The Morgan fingerprint density at radius 3 is 0.626 bits per heavy atom. The molecule has 8 heteroatoms. The van der Waals surface area contributed by atoms with Crippen molar-refractivity contribution < 1.29 is 0 Å². The zero-order chi connectivity index (χ0) is 68.5. The molecule has 0 amide bonds. The summed E-state index contributed by atoms with van der Waals surface area (Å²) < 4.78 is 0. The molecule has 6 aliphatic heterocycles. The van der Waals surface area contributed by atoms with Crippen LogP contribution in [-0.4, -0.2) is 13.4 Å². The van der Waals surface area contributed by atoms with Gasteiger partial charge >= 0.3 is 0 Å². The fourth-order valence-electron chi connectivity index (χ4n) is 17.4. The number of hydrogen-bond acceptors (Lipinski definition) is 6. The Labute approximate surface area is 587 Å². The molecular formula is C91H86B2N6. The van der Waals surface area contributed by atoms with Crippen LogP contribution in [-0.2, 0) is 27.1 Å². The molecule has 12 aromatic carbocycles. The Balaban J connectivity index is 1.03. The third kappa shape index (κ3) is 9.02. The van der Waals surface area contributed by atoms with Gasteiger partial charge in [-0.25, -0.2) is 0 Å². The van der Waals surface area contributed by atoms with Gasteiger partial charge in [-0.15, -0.1) is 0 Å². The lowest BCUT2D eigenvalue weighted by molar-refractivity contribution is 0.590. The van der Waals surface area contributed by atoms with Crippen molar-refractivity contribution in [2.45, 2.75) is 138 Å². The van der Waals surface area contributed by atoms with Gasteiger partial charge in [-0.1, -0.05) is 206 Å². The minimum atomic E-state index is -0.135. The van der Waals surface area contributed by atoms with Crippen molar-refractivity contribution in [1.29, 1.82) is 0 Å². The highest BCUT2D eigenvalue weighted by Crippen LogP contribution is 2.58. The van der Waals surface area contributed by atoms with E-state index >= 15 is 0 Å². The van der Waals surface area contributed by atoms with E-state index in [0.717, 1.165) is 34.1 Å². The summed E-state index contributed by atoms with van der Waals surface area (Å²) in [5, 5.41) is 2.40. The van der Waals surface area contributed by atoms with Gasteiger partial charge in [0.2, 0.25) is 0 Å². The molecule has 6 heterocycles. The fraction of sp³-hybridized carbons (Fsp3) is 0.231. The molecule has 0 spiro atoms. The molecule has 0 fully saturated rings. The van der Waals surface area contributed by atoms with Gasteiger partial charge in [-0.05, 0) is 228 Å². The molecule has 0 atom stereocenters. The summed E-state index contributed by atoms with van der Waals surface area (Å²) in [6, 6.07) is 90.6. The summed E-state index contributed by atoms with van der Waals surface area (Å²) in [4.78, 5) is 15.8. The highest BCUT2D eigenvalue weighted by Gasteiger charge is 2.54. The number of aryl methyl sites for hydroxylation is 1. The summed E-state index contributed by atoms with van der Waals surface area (Å²) in [5.74, 6) is 0. The average molecular weight is 1290 g/mol. The zero-order valence-corrected chi connectivity index (χ0v) is 60.3. The molecule has 0 N–H and O–H groups in total. The molecule has 0 bridgehead atoms. The van der Waals surface area contributed by atoms with Crippen molar-refractivity contribution in [2.75, 3.05) is 29.4 Å². The molecule has 0 aromatic heterocycles. The minimum Gasteiger partial charge on any atom is -0.311 e. The molecule has 486 valence electrons. The normalized spacial score (nSPS) is 14.7. The second-order valence-corrected chi connectivity index (χ2v) is 33.9. The van der Waals surface area contributed by atoms with Crippen molar-refractivity contribution in [2.24, 2.45) is 0 Å². The van der Waals surface area contributed by atoms with Crippen LogP contribution in [0.25, 0.3) is 10.8 Å². The zero-order valence-electron chi connectivity index (χ0n) is 60.3. The second kappa shape index (κ2) is 20.9. The van der Waals surface area contributed by atoms with Crippen LogP contribution in [0.5, 0.6) is 0 Å².